The normalized spacial score (nSPS) is 17.0. The Kier molecular flexibility index (Phi) is 5.27. The summed E-state index contributed by atoms with van der Waals surface area (Å²) in [4.78, 5) is 3.98. The summed E-state index contributed by atoms with van der Waals surface area (Å²) in [5, 5.41) is 14.4. The third-order valence-corrected chi connectivity index (χ3v) is 6.06. The summed E-state index contributed by atoms with van der Waals surface area (Å²) < 4.78 is 25.2. The number of benzene rings is 1. The monoisotopic (exact) mass is 363 g/mol. The van der Waals surface area contributed by atoms with Gasteiger partial charge in [0.15, 0.2) is 5.03 Å². The van der Waals surface area contributed by atoms with E-state index in [4.69, 9.17) is 10.2 Å². The van der Waals surface area contributed by atoms with Gasteiger partial charge >= 0.3 is 0 Å². The number of sulfonamides is 1. The van der Waals surface area contributed by atoms with Gasteiger partial charge in [-0.1, -0.05) is 37.1 Å². The summed E-state index contributed by atoms with van der Waals surface area (Å²) in [6, 6.07) is 8.33. The molecule has 0 amide bonds. The van der Waals surface area contributed by atoms with E-state index < -0.39 is 10.0 Å². The number of aliphatic hydroxyl groups excluding tert-OH is 1. The molecule has 0 bridgehead atoms. The van der Waals surface area contributed by atoms with Crippen LogP contribution < -0.4 is 5.14 Å². The maximum atomic E-state index is 11.7. The van der Waals surface area contributed by atoms with Crippen LogP contribution >= 0.6 is 0 Å². The molecule has 1 aliphatic carbocycles. The van der Waals surface area contributed by atoms with Gasteiger partial charge in [0.25, 0.3) is 10.0 Å². The molecule has 136 valence electrons. The van der Waals surface area contributed by atoms with Gasteiger partial charge in [-0.15, -0.1) is 0 Å². The van der Waals surface area contributed by atoms with Crippen molar-refractivity contribution in [2.75, 3.05) is 6.61 Å². The van der Waals surface area contributed by atoms with Crippen molar-refractivity contribution in [3.05, 3.63) is 47.9 Å². The first kappa shape index (κ1) is 18.1. The van der Waals surface area contributed by atoms with Crippen molar-refractivity contribution in [3.8, 4) is 0 Å². The Morgan fingerprint density at radius 1 is 1.16 bits per heavy atom. The zero-order valence-corrected chi connectivity index (χ0v) is 15.1. The molecule has 1 aliphatic rings. The van der Waals surface area contributed by atoms with Crippen LogP contribution in [0.15, 0.2) is 41.8 Å². The lowest BCUT2D eigenvalue weighted by Crippen LogP contribution is -2.28. The van der Waals surface area contributed by atoms with E-state index in [0.717, 1.165) is 37.7 Å². The van der Waals surface area contributed by atoms with Crippen LogP contribution in [0, 0.1) is 5.41 Å². The van der Waals surface area contributed by atoms with Crippen LogP contribution in [0.1, 0.15) is 36.8 Å². The molecule has 6 nitrogen and oxygen atoms in total. The largest absolute Gasteiger partial charge is 0.396 e. The van der Waals surface area contributed by atoms with Crippen LogP contribution in [-0.4, -0.2) is 29.7 Å². The molecule has 7 heteroatoms. The quantitative estimate of drug-likeness (QED) is 0.784. The lowest BCUT2D eigenvalue weighted by molar-refractivity contribution is 0.238. The Hall–Kier alpha value is -1.70. The number of aliphatic hydroxyl groups is 1. The third-order valence-electron chi connectivity index (χ3n) is 5.14. The van der Waals surface area contributed by atoms with Crippen molar-refractivity contribution in [1.29, 1.82) is 0 Å². The van der Waals surface area contributed by atoms with Crippen molar-refractivity contribution >= 4 is 10.0 Å². The first-order chi connectivity index (χ1) is 11.9. The Morgan fingerprint density at radius 2 is 1.80 bits per heavy atom. The van der Waals surface area contributed by atoms with Gasteiger partial charge in [-0.05, 0) is 42.2 Å². The second-order valence-corrected chi connectivity index (χ2v) is 8.59. The molecule has 3 N–H and O–H groups in total. The molecule has 0 radical (unpaired) electrons. The Morgan fingerprint density at radius 3 is 2.40 bits per heavy atom. The highest BCUT2D eigenvalue weighted by Crippen LogP contribution is 2.42. The van der Waals surface area contributed by atoms with E-state index in [1.54, 1.807) is 10.9 Å². The summed E-state index contributed by atoms with van der Waals surface area (Å²) in [6.45, 7) is 0.761. The van der Waals surface area contributed by atoms with Gasteiger partial charge in [-0.2, -0.15) is 0 Å². The van der Waals surface area contributed by atoms with Gasteiger partial charge < -0.3 is 9.67 Å². The molecular formula is C18H25N3O3S. The molecule has 1 saturated carbocycles. The first-order valence-electron chi connectivity index (χ1n) is 8.64. The van der Waals surface area contributed by atoms with Gasteiger partial charge in [0, 0.05) is 13.2 Å². The maximum Gasteiger partial charge on any atom is 0.255 e. The summed E-state index contributed by atoms with van der Waals surface area (Å²) in [5.74, 6) is 0. The second kappa shape index (κ2) is 7.27. The summed E-state index contributed by atoms with van der Waals surface area (Å²) in [5.41, 5.74) is 2.39. The van der Waals surface area contributed by atoms with Crippen LogP contribution in [0.3, 0.4) is 0 Å². The van der Waals surface area contributed by atoms with Crippen molar-refractivity contribution in [2.24, 2.45) is 10.6 Å². The number of hydrogen-bond donors (Lipinski definition) is 2. The number of hydrogen-bond acceptors (Lipinski definition) is 4. The number of imidazole rings is 1. The van der Waals surface area contributed by atoms with E-state index in [1.807, 2.05) is 0 Å². The van der Waals surface area contributed by atoms with Crippen molar-refractivity contribution < 1.29 is 13.5 Å². The molecule has 0 spiro atoms. The summed E-state index contributed by atoms with van der Waals surface area (Å²) in [7, 11) is -3.77. The molecule has 1 fully saturated rings. The molecule has 0 unspecified atom stereocenters. The van der Waals surface area contributed by atoms with Crippen molar-refractivity contribution in [2.45, 2.75) is 50.1 Å². The maximum absolute atomic E-state index is 11.7. The van der Waals surface area contributed by atoms with Crippen LogP contribution in [0.25, 0.3) is 0 Å². The predicted molar refractivity (Wildman–Crippen MR) is 95.4 cm³/mol. The fourth-order valence-electron chi connectivity index (χ4n) is 3.93. The number of rotatable bonds is 7. The SMILES string of the molecule is NS(=O)(=O)c1cncn1CC1(Cc2ccc(CCO)cc2)CCCC1. The molecule has 25 heavy (non-hydrogen) atoms. The van der Waals surface area contributed by atoms with Crippen LogP contribution in [0.5, 0.6) is 0 Å². The van der Waals surface area contributed by atoms with Crippen LogP contribution in [0.2, 0.25) is 0 Å². The highest BCUT2D eigenvalue weighted by Gasteiger charge is 2.35. The van der Waals surface area contributed by atoms with E-state index in [-0.39, 0.29) is 17.0 Å². The molecule has 0 atom stereocenters. The minimum Gasteiger partial charge on any atom is -0.396 e. The van der Waals surface area contributed by atoms with E-state index >= 15 is 0 Å². The molecule has 1 aromatic heterocycles. The standard InChI is InChI=1S/C18H25N3O3S/c19-25(23,24)17-12-20-14-21(17)13-18(8-1-2-9-18)11-16-5-3-15(4-6-16)7-10-22/h3-6,12,14,22H,1-2,7-11,13H2,(H2,19,23,24). The van der Waals surface area contributed by atoms with Crippen molar-refractivity contribution in [1.82, 2.24) is 9.55 Å². The molecule has 0 saturated heterocycles. The van der Waals surface area contributed by atoms with Gasteiger partial charge in [-0.3, -0.25) is 0 Å². The highest BCUT2D eigenvalue weighted by molar-refractivity contribution is 7.89. The minimum atomic E-state index is -3.77. The molecule has 0 aliphatic heterocycles. The zero-order valence-electron chi connectivity index (χ0n) is 14.3. The Balaban J connectivity index is 1.82. The lowest BCUT2D eigenvalue weighted by atomic mass is 9.79. The molecule has 3 rings (SSSR count). The number of nitrogens with zero attached hydrogens (tertiary/aromatic N) is 2. The van der Waals surface area contributed by atoms with Crippen LogP contribution in [0.4, 0.5) is 0 Å². The fourth-order valence-corrected chi connectivity index (χ4v) is 4.57. The zero-order chi connectivity index (χ0) is 17.9. The van der Waals surface area contributed by atoms with Crippen molar-refractivity contribution in [3.63, 3.8) is 0 Å². The second-order valence-electron chi connectivity index (χ2n) is 7.08. The van der Waals surface area contributed by atoms with Gasteiger partial charge in [0.05, 0.1) is 12.5 Å². The van der Waals surface area contributed by atoms with E-state index in [9.17, 15) is 8.42 Å². The summed E-state index contributed by atoms with van der Waals surface area (Å²) >= 11 is 0. The average Bonchev–Trinajstić information content (AvgIpc) is 3.19. The summed E-state index contributed by atoms with van der Waals surface area (Å²) in [6.07, 6.45) is 8.88. The fraction of sp³-hybridized carbons (Fsp3) is 0.500. The van der Waals surface area contributed by atoms with E-state index in [2.05, 4.69) is 29.2 Å². The Labute approximate surface area is 148 Å². The molecule has 2 aromatic rings. The highest BCUT2D eigenvalue weighted by atomic mass is 32.2. The number of primary sulfonamides is 1. The Bertz CT molecular complexity index is 806. The van der Waals surface area contributed by atoms with Gasteiger partial charge in [0.2, 0.25) is 0 Å². The van der Waals surface area contributed by atoms with Crippen LogP contribution in [-0.2, 0) is 29.4 Å². The predicted octanol–water partition coefficient (Wildman–Crippen LogP) is 1.87. The number of aromatic nitrogens is 2. The topological polar surface area (TPSA) is 98.2 Å². The average molecular weight is 363 g/mol. The lowest BCUT2D eigenvalue weighted by Gasteiger charge is -2.30. The van der Waals surface area contributed by atoms with Gasteiger partial charge in [-0.25, -0.2) is 18.5 Å². The number of nitrogens with two attached hydrogens (primary N) is 1. The first-order valence-corrected chi connectivity index (χ1v) is 10.2. The minimum absolute atomic E-state index is 0.0264. The van der Waals surface area contributed by atoms with E-state index in [0.29, 0.717) is 13.0 Å². The molecule has 1 aromatic carbocycles. The smallest absolute Gasteiger partial charge is 0.255 e. The van der Waals surface area contributed by atoms with E-state index in [1.165, 1.54) is 11.8 Å². The third kappa shape index (κ3) is 4.29. The van der Waals surface area contributed by atoms with Gasteiger partial charge in [0.1, 0.15) is 0 Å². The molecule has 1 heterocycles. The molecular weight excluding hydrogens is 338 g/mol.